The lowest BCUT2D eigenvalue weighted by atomic mass is 9.94. The molecule has 0 aromatic carbocycles. The molecule has 3 nitrogen and oxygen atoms in total. The van der Waals surface area contributed by atoms with Crippen molar-refractivity contribution in [1.29, 1.82) is 0 Å². The lowest BCUT2D eigenvalue weighted by Crippen LogP contribution is -2.34. The summed E-state index contributed by atoms with van der Waals surface area (Å²) >= 11 is 3.56. The number of hydrogen-bond donors (Lipinski definition) is 1. The molecule has 1 aliphatic carbocycles. The molecule has 0 bridgehead atoms. The van der Waals surface area contributed by atoms with Crippen LogP contribution in [0.25, 0.3) is 0 Å². The van der Waals surface area contributed by atoms with E-state index in [2.05, 4.69) is 32.9 Å². The summed E-state index contributed by atoms with van der Waals surface area (Å²) in [7, 11) is 2.14. The minimum atomic E-state index is 0.621. The Morgan fingerprint density at radius 1 is 1.35 bits per heavy atom. The van der Waals surface area contributed by atoms with Crippen molar-refractivity contribution in [3.8, 4) is 0 Å². The van der Waals surface area contributed by atoms with Gasteiger partial charge in [-0.05, 0) is 41.8 Å². The molecule has 1 aromatic heterocycles. The van der Waals surface area contributed by atoms with E-state index in [1.165, 1.54) is 32.1 Å². The standard InChI is InChI=1S/C13H20BrN3/c1-9-12(15)8-11(14)13(16-9)17(2)10-6-4-3-5-7-10/h8,10H,3-7,15H2,1-2H3. The van der Waals surface area contributed by atoms with Crippen LogP contribution in [0.3, 0.4) is 0 Å². The highest BCUT2D eigenvalue weighted by Crippen LogP contribution is 2.31. The SMILES string of the molecule is Cc1nc(N(C)C2CCCCC2)c(Br)cc1N. The first kappa shape index (κ1) is 12.7. The predicted molar refractivity (Wildman–Crippen MR) is 76.4 cm³/mol. The summed E-state index contributed by atoms with van der Waals surface area (Å²) < 4.78 is 0.994. The van der Waals surface area contributed by atoms with E-state index in [0.717, 1.165) is 21.7 Å². The molecular weight excluding hydrogens is 278 g/mol. The maximum atomic E-state index is 5.86. The van der Waals surface area contributed by atoms with Crippen LogP contribution in [0.2, 0.25) is 0 Å². The zero-order chi connectivity index (χ0) is 12.4. The molecule has 0 aliphatic heterocycles. The van der Waals surface area contributed by atoms with E-state index >= 15 is 0 Å². The first-order valence-corrected chi connectivity index (χ1v) is 7.04. The fraction of sp³-hybridized carbons (Fsp3) is 0.615. The Hall–Kier alpha value is -0.770. The fourth-order valence-corrected chi connectivity index (χ4v) is 3.09. The maximum absolute atomic E-state index is 5.86. The number of aryl methyl sites for hydroxylation is 1. The summed E-state index contributed by atoms with van der Waals surface area (Å²) in [6.45, 7) is 1.96. The molecule has 1 aromatic rings. The van der Waals surface area contributed by atoms with Crippen LogP contribution in [-0.4, -0.2) is 18.1 Å². The number of nitrogens with zero attached hydrogens (tertiary/aromatic N) is 2. The second-order valence-electron chi connectivity index (χ2n) is 4.87. The Labute approximate surface area is 112 Å². The molecule has 2 N–H and O–H groups in total. The van der Waals surface area contributed by atoms with Crippen molar-refractivity contribution >= 4 is 27.4 Å². The molecule has 0 atom stereocenters. The Balaban J connectivity index is 2.23. The Morgan fingerprint density at radius 3 is 2.65 bits per heavy atom. The monoisotopic (exact) mass is 297 g/mol. The number of nitrogens with two attached hydrogens (primary N) is 1. The van der Waals surface area contributed by atoms with Gasteiger partial charge in [0.2, 0.25) is 0 Å². The number of pyridine rings is 1. The normalized spacial score (nSPS) is 17.1. The van der Waals surface area contributed by atoms with Crippen molar-refractivity contribution in [2.24, 2.45) is 0 Å². The van der Waals surface area contributed by atoms with Crippen molar-refractivity contribution in [1.82, 2.24) is 4.98 Å². The molecule has 0 saturated heterocycles. The van der Waals surface area contributed by atoms with Crippen molar-refractivity contribution in [2.45, 2.75) is 45.1 Å². The molecule has 1 aliphatic rings. The third-order valence-electron chi connectivity index (χ3n) is 3.64. The number of anilines is 2. The lowest BCUT2D eigenvalue weighted by Gasteiger charge is -2.32. The zero-order valence-corrected chi connectivity index (χ0v) is 12.1. The third-order valence-corrected chi connectivity index (χ3v) is 4.23. The molecule has 1 heterocycles. The molecule has 0 amide bonds. The van der Waals surface area contributed by atoms with Crippen LogP contribution >= 0.6 is 15.9 Å². The number of hydrogen-bond acceptors (Lipinski definition) is 3. The zero-order valence-electron chi connectivity index (χ0n) is 10.5. The molecule has 0 unspecified atom stereocenters. The molecule has 1 saturated carbocycles. The fourth-order valence-electron chi connectivity index (χ4n) is 2.47. The van der Waals surface area contributed by atoms with E-state index in [9.17, 15) is 0 Å². The van der Waals surface area contributed by atoms with Gasteiger partial charge in [0.15, 0.2) is 0 Å². The molecular formula is C13H20BrN3. The van der Waals surface area contributed by atoms with Gasteiger partial charge < -0.3 is 10.6 Å². The van der Waals surface area contributed by atoms with Crippen molar-refractivity contribution in [3.05, 3.63) is 16.2 Å². The van der Waals surface area contributed by atoms with Gasteiger partial charge in [-0.2, -0.15) is 0 Å². The van der Waals surface area contributed by atoms with E-state index in [1.807, 2.05) is 13.0 Å². The third kappa shape index (κ3) is 2.73. The summed E-state index contributed by atoms with van der Waals surface area (Å²) in [5.74, 6) is 1.02. The highest BCUT2D eigenvalue weighted by atomic mass is 79.9. The number of rotatable bonds is 2. The molecule has 4 heteroatoms. The molecule has 1 fully saturated rings. The van der Waals surface area contributed by atoms with E-state index in [4.69, 9.17) is 5.73 Å². The van der Waals surface area contributed by atoms with Gasteiger partial charge in [-0.25, -0.2) is 4.98 Å². The van der Waals surface area contributed by atoms with Crippen LogP contribution < -0.4 is 10.6 Å². The van der Waals surface area contributed by atoms with Crippen molar-refractivity contribution in [3.63, 3.8) is 0 Å². The summed E-state index contributed by atoms with van der Waals surface area (Å²) in [6.07, 6.45) is 6.59. The summed E-state index contributed by atoms with van der Waals surface area (Å²) in [5, 5.41) is 0. The first-order valence-electron chi connectivity index (χ1n) is 6.25. The molecule has 0 radical (unpaired) electrons. The summed E-state index contributed by atoms with van der Waals surface area (Å²) in [6, 6.07) is 2.58. The van der Waals surface area contributed by atoms with Gasteiger partial charge in [0.25, 0.3) is 0 Å². The van der Waals surface area contributed by atoms with E-state index in [-0.39, 0.29) is 0 Å². The van der Waals surface area contributed by atoms with Gasteiger partial charge in [-0.3, -0.25) is 0 Å². The van der Waals surface area contributed by atoms with Gasteiger partial charge in [-0.15, -0.1) is 0 Å². The number of aromatic nitrogens is 1. The topological polar surface area (TPSA) is 42.2 Å². The van der Waals surface area contributed by atoms with Gasteiger partial charge in [0.05, 0.1) is 15.9 Å². The van der Waals surface area contributed by atoms with Crippen LogP contribution in [0, 0.1) is 6.92 Å². The molecule has 17 heavy (non-hydrogen) atoms. The van der Waals surface area contributed by atoms with Gasteiger partial charge in [0, 0.05) is 13.1 Å². The second kappa shape index (κ2) is 5.25. The molecule has 94 valence electrons. The van der Waals surface area contributed by atoms with Crippen LogP contribution in [-0.2, 0) is 0 Å². The number of halogens is 1. The van der Waals surface area contributed by atoms with Gasteiger partial charge in [0.1, 0.15) is 5.82 Å². The minimum absolute atomic E-state index is 0.621. The second-order valence-corrected chi connectivity index (χ2v) is 5.73. The average molecular weight is 298 g/mol. The smallest absolute Gasteiger partial charge is 0.143 e. The van der Waals surface area contributed by atoms with E-state index < -0.39 is 0 Å². The van der Waals surface area contributed by atoms with E-state index in [1.54, 1.807) is 0 Å². The van der Waals surface area contributed by atoms with Crippen LogP contribution in [0.5, 0.6) is 0 Å². The van der Waals surface area contributed by atoms with Crippen LogP contribution in [0.15, 0.2) is 10.5 Å². The van der Waals surface area contributed by atoms with Crippen LogP contribution in [0.1, 0.15) is 37.8 Å². The average Bonchev–Trinajstić information content (AvgIpc) is 2.34. The summed E-state index contributed by atoms with van der Waals surface area (Å²) in [4.78, 5) is 6.90. The number of nitrogen functional groups attached to an aromatic ring is 1. The van der Waals surface area contributed by atoms with Gasteiger partial charge >= 0.3 is 0 Å². The highest BCUT2D eigenvalue weighted by molar-refractivity contribution is 9.10. The minimum Gasteiger partial charge on any atom is -0.397 e. The quantitative estimate of drug-likeness (QED) is 0.908. The summed E-state index contributed by atoms with van der Waals surface area (Å²) in [5.41, 5.74) is 7.51. The van der Waals surface area contributed by atoms with Crippen molar-refractivity contribution < 1.29 is 0 Å². The Bertz CT molecular complexity index is 400. The Kier molecular flexibility index (Phi) is 3.92. The van der Waals surface area contributed by atoms with E-state index in [0.29, 0.717) is 6.04 Å². The lowest BCUT2D eigenvalue weighted by molar-refractivity contribution is 0.425. The van der Waals surface area contributed by atoms with Crippen molar-refractivity contribution in [2.75, 3.05) is 17.7 Å². The molecule has 0 spiro atoms. The first-order chi connectivity index (χ1) is 8.09. The predicted octanol–water partition coefficient (Wildman–Crippen LogP) is 3.50. The largest absolute Gasteiger partial charge is 0.397 e. The highest BCUT2D eigenvalue weighted by Gasteiger charge is 2.21. The van der Waals surface area contributed by atoms with Crippen LogP contribution in [0.4, 0.5) is 11.5 Å². The maximum Gasteiger partial charge on any atom is 0.143 e. The Morgan fingerprint density at radius 2 is 2.00 bits per heavy atom. The molecule has 2 rings (SSSR count). The van der Waals surface area contributed by atoms with Gasteiger partial charge in [-0.1, -0.05) is 19.3 Å².